The second-order valence-electron chi connectivity index (χ2n) is 4.72. The molecule has 24 heavy (non-hydrogen) atoms. The van der Waals surface area contributed by atoms with E-state index >= 15 is 0 Å². The Morgan fingerprint density at radius 2 is 2.29 bits per heavy atom. The minimum atomic E-state index is -0.493. The minimum Gasteiger partial charge on any atom is -0.476 e. The lowest BCUT2D eigenvalue weighted by molar-refractivity contribution is -0.115. The lowest BCUT2D eigenvalue weighted by atomic mass is 10.4. The summed E-state index contributed by atoms with van der Waals surface area (Å²) in [6.07, 6.45) is 6.61. The van der Waals surface area contributed by atoms with Crippen LogP contribution in [0.1, 0.15) is 0 Å². The van der Waals surface area contributed by atoms with E-state index in [0.717, 1.165) is 4.47 Å². The van der Waals surface area contributed by atoms with Crippen LogP contribution in [-0.2, 0) is 11.8 Å². The number of nitrogens with one attached hydrogen (secondary N) is 2. The highest BCUT2D eigenvalue weighted by atomic mass is 79.9. The normalized spacial score (nSPS) is 9.88. The van der Waals surface area contributed by atoms with Gasteiger partial charge in [0, 0.05) is 23.8 Å². The van der Waals surface area contributed by atoms with Crippen molar-refractivity contribution < 1.29 is 9.53 Å². The average Bonchev–Trinajstić information content (AvgIpc) is 2.56. The first-order chi connectivity index (χ1) is 11.5. The molecule has 0 aromatic carbocycles. The highest BCUT2D eigenvalue weighted by Crippen LogP contribution is 2.17. The first kappa shape index (κ1) is 17.6. The number of rotatable bonds is 6. The summed E-state index contributed by atoms with van der Waals surface area (Å²) in [7, 11) is 1.66. The summed E-state index contributed by atoms with van der Waals surface area (Å²) >= 11 is 3.34. The van der Waals surface area contributed by atoms with Crippen molar-refractivity contribution in [3.8, 4) is 18.2 Å². The van der Waals surface area contributed by atoms with Crippen LogP contribution >= 0.6 is 15.9 Å². The van der Waals surface area contributed by atoms with Gasteiger partial charge in [-0.2, -0.15) is 4.98 Å². The monoisotopic (exact) mass is 390 g/mol. The SMILES string of the molecule is C#CC(=O)NCCOc1cccc(Nc2cc(Br)cn(C)c2=O)n1. The van der Waals surface area contributed by atoms with Crippen molar-refractivity contribution in [3.05, 3.63) is 45.3 Å². The number of aromatic nitrogens is 2. The van der Waals surface area contributed by atoms with Crippen molar-refractivity contribution in [2.45, 2.75) is 0 Å². The van der Waals surface area contributed by atoms with Crippen LogP contribution in [0.5, 0.6) is 5.88 Å². The Morgan fingerprint density at radius 3 is 3.04 bits per heavy atom. The third kappa shape index (κ3) is 4.86. The third-order valence-corrected chi connectivity index (χ3v) is 3.34. The van der Waals surface area contributed by atoms with E-state index in [4.69, 9.17) is 11.2 Å². The van der Waals surface area contributed by atoms with Gasteiger partial charge in [0.2, 0.25) is 5.88 Å². The molecular weight excluding hydrogens is 376 g/mol. The van der Waals surface area contributed by atoms with Gasteiger partial charge in [0.15, 0.2) is 0 Å². The number of carbonyl (C=O) groups excluding carboxylic acids is 1. The summed E-state index contributed by atoms with van der Waals surface area (Å²) < 4.78 is 7.66. The molecule has 2 rings (SSSR count). The van der Waals surface area contributed by atoms with Crippen LogP contribution in [0.4, 0.5) is 11.5 Å². The van der Waals surface area contributed by atoms with Gasteiger partial charge in [-0.3, -0.25) is 9.59 Å². The van der Waals surface area contributed by atoms with E-state index in [1.54, 1.807) is 37.5 Å². The second-order valence-corrected chi connectivity index (χ2v) is 5.64. The highest BCUT2D eigenvalue weighted by molar-refractivity contribution is 9.10. The molecule has 0 spiro atoms. The number of carbonyl (C=O) groups is 1. The lowest BCUT2D eigenvalue weighted by Gasteiger charge is -2.10. The fourth-order valence-electron chi connectivity index (χ4n) is 1.83. The average molecular weight is 391 g/mol. The summed E-state index contributed by atoms with van der Waals surface area (Å²) in [5.74, 6) is 2.29. The van der Waals surface area contributed by atoms with Crippen LogP contribution < -0.4 is 20.9 Å². The quantitative estimate of drug-likeness (QED) is 0.575. The van der Waals surface area contributed by atoms with Crippen molar-refractivity contribution in [1.29, 1.82) is 0 Å². The first-order valence-electron chi connectivity index (χ1n) is 6.97. The van der Waals surface area contributed by atoms with Gasteiger partial charge in [0.1, 0.15) is 18.1 Å². The Hall–Kier alpha value is -2.79. The van der Waals surface area contributed by atoms with Crippen molar-refractivity contribution >= 4 is 33.3 Å². The van der Waals surface area contributed by atoms with Crippen molar-refractivity contribution in [3.63, 3.8) is 0 Å². The maximum Gasteiger partial charge on any atom is 0.295 e. The van der Waals surface area contributed by atoms with E-state index < -0.39 is 5.91 Å². The number of hydrogen-bond donors (Lipinski definition) is 2. The fraction of sp³-hybridized carbons (Fsp3) is 0.188. The number of pyridine rings is 2. The number of nitrogens with zero attached hydrogens (tertiary/aromatic N) is 2. The smallest absolute Gasteiger partial charge is 0.295 e. The summed E-state index contributed by atoms with van der Waals surface area (Å²) in [4.78, 5) is 27.2. The van der Waals surface area contributed by atoms with Crippen molar-refractivity contribution in [1.82, 2.24) is 14.9 Å². The first-order valence-corrected chi connectivity index (χ1v) is 7.76. The predicted molar refractivity (Wildman–Crippen MR) is 94.2 cm³/mol. The van der Waals surface area contributed by atoms with E-state index in [0.29, 0.717) is 17.4 Å². The number of aryl methyl sites for hydroxylation is 1. The van der Waals surface area contributed by atoms with Crippen LogP contribution in [0.25, 0.3) is 0 Å². The van der Waals surface area contributed by atoms with E-state index in [2.05, 4.69) is 31.5 Å². The lowest BCUT2D eigenvalue weighted by Crippen LogP contribution is -2.26. The molecule has 0 aliphatic heterocycles. The van der Waals surface area contributed by atoms with Crippen LogP contribution in [-0.4, -0.2) is 28.6 Å². The largest absolute Gasteiger partial charge is 0.476 e. The second kappa shape index (κ2) is 8.17. The molecule has 0 radical (unpaired) electrons. The molecule has 0 aliphatic carbocycles. The predicted octanol–water partition coefficient (Wildman–Crippen LogP) is 1.41. The number of ether oxygens (including phenoxy) is 1. The zero-order chi connectivity index (χ0) is 17.5. The fourth-order valence-corrected chi connectivity index (χ4v) is 2.37. The Morgan fingerprint density at radius 1 is 1.50 bits per heavy atom. The molecule has 2 aromatic rings. The van der Waals surface area contributed by atoms with Crippen molar-refractivity contribution in [2.75, 3.05) is 18.5 Å². The zero-order valence-electron chi connectivity index (χ0n) is 12.9. The Labute approximate surface area is 147 Å². The summed E-state index contributed by atoms with van der Waals surface area (Å²) in [5.41, 5.74) is 0.209. The third-order valence-electron chi connectivity index (χ3n) is 2.90. The Kier molecular flexibility index (Phi) is 5.98. The highest BCUT2D eigenvalue weighted by Gasteiger charge is 2.06. The number of hydrogen-bond acceptors (Lipinski definition) is 5. The molecule has 0 saturated carbocycles. The number of terminal acetylenes is 1. The molecule has 8 heteroatoms. The van der Waals surface area contributed by atoms with Gasteiger partial charge in [0.25, 0.3) is 11.5 Å². The maximum atomic E-state index is 12.1. The van der Waals surface area contributed by atoms with Crippen LogP contribution in [0.3, 0.4) is 0 Å². The van der Waals surface area contributed by atoms with Gasteiger partial charge < -0.3 is 19.9 Å². The summed E-state index contributed by atoms with van der Waals surface area (Å²) in [6.45, 7) is 0.497. The number of halogens is 1. The Bertz CT molecular complexity index is 842. The zero-order valence-corrected chi connectivity index (χ0v) is 14.5. The molecule has 0 bridgehead atoms. The maximum absolute atomic E-state index is 12.1. The molecular formula is C16H15BrN4O3. The number of anilines is 2. The van der Waals surface area contributed by atoms with Gasteiger partial charge in [-0.15, -0.1) is 6.42 Å². The minimum absolute atomic E-state index is 0.177. The number of amides is 1. The van der Waals surface area contributed by atoms with Crippen LogP contribution in [0, 0.1) is 12.3 Å². The Balaban J connectivity index is 2.02. The van der Waals surface area contributed by atoms with Gasteiger partial charge in [-0.25, -0.2) is 0 Å². The van der Waals surface area contributed by atoms with E-state index in [-0.39, 0.29) is 18.7 Å². The summed E-state index contributed by atoms with van der Waals surface area (Å²) in [6, 6.07) is 6.81. The van der Waals surface area contributed by atoms with Crippen LogP contribution in [0.2, 0.25) is 0 Å². The molecule has 2 N–H and O–H groups in total. The molecule has 0 fully saturated rings. The molecule has 0 saturated heterocycles. The molecule has 124 valence electrons. The topological polar surface area (TPSA) is 85.2 Å². The van der Waals surface area contributed by atoms with Crippen LogP contribution in [0.15, 0.2) is 39.7 Å². The molecule has 1 amide bonds. The van der Waals surface area contributed by atoms with Gasteiger partial charge >= 0.3 is 0 Å². The van der Waals surface area contributed by atoms with Crippen molar-refractivity contribution in [2.24, 2.45) is 7.05 Å². The molecule has 2 aromatic heterocycles. The molecule has 7 nitrogen and oxygen atoms in total. The molecule has 0 atom stereocenters. The molecule has 2 heterocycles. The molecule has 0 aliphatic rings. The van der Waals surface area contributed by atoms with E-state index in [9.17, 15) is 9.59 Å². The van der Waals surface area contributed by atoms with Gasteiger partial charge in [-0.1, -0.05) is 6.07 Å². The van der Waals surface area contributed by atoms with E-state index in [1.807, 2.05) is 5.92 Å². The van der Waals surface area contributed by atoms with Gasteiger partial charge in [0.05, 0.1) is 6.54 Å². The summed E-state index contributed by atoms with van der Waals surface area (Å²) in [5, 5.41) is 5.45. The molecule has 0 unspecified atom stereocenters. The standard InChI is InChI=1S/C16H15BrN4O3/c1-3-14(22)18-7-8-24-15-6-4-5-13(20-15)19-12-9-11(17)10-21(2)16(12)23/h1,4-6,9-10H,7-8H2,2H3,(H,18,22)(H,19,20). The van der Waals surface area contributed by atoms with Gasteiger partial charge in [-0.05, 0) is 34.0 Å². The van der Waals surface area contributed by atoms with E-state index in [1.165, 1.54) is 4.57 Å².